The van der Waals surface area contributed by atoms with Gasteiger partial charge < -0.3 is 19.7 Å². The van der Waals surface area contributed by atoms with Gasteiger partial charge in [-0.2, -0.15) is 0 Å². The van der Waals surface area contributed by atoms with Crippen molar-refractivity contribution in [2.45, 2.75) is 26.6 Å². The fourth-order valence-electron chi connectivity index (χ4n) is 0.533. The van der Waals surface area contributed by atoms with Gasteiger partial charge in [-0.25, -0.2) is 4.98 Å². The maximum atomic E-state index is 9.44. The lowest BCUT2D eigenvalue weighted by Gasteiger charge is -2.02. The summed E-state index contributed by atoms with van der Waals surface area (Å²) < 4.78 is 5.04. The minimum absolute atomic E-state index is 0.167. The van der Waals surface area contributed by atoms with Gasteiger partial charge in [0.1, 0.15) is 5.78 Å². The van der Waals surface area contributed by atoms with Crippen molar-refractivity contribution >= 4 is 17.1 Å². The van der Waals surface area contributed by atoms with Crippen LogP contribution in [0.4, 0.5) is 0 Å². The van der Waals surface area contributed by atoms with Gasteiger partial charge in [-0.3, -0.25) is 0 Å². The maximum absolute atomic E-state index is 9.44. The first-order chi connectivity index (χ1) is 7.02. The van der Waals surface area contributed by atoms with Crippen molar-refractivity contribution in [3.63, 3.8) is 0 Å². The third-order valence-electron chi connectivity index (χ3n) is 1.01. The molecule has 0 aliphatic carbocycles. The topological polar surface area (TPSA) is 79.7 Å². The summed E-state index contributed by atoms with van der Waals surface area (Å²) in [7, 11) is 0. The van der Waals surface area contributed by atoms with Crippen molar-refractivity contribution < 1.29 is 19.7 Å². The SMILES string of the molecule is CC(C)=O.OC(O)CCOc1nccs1. The first-order valence-electron chi connectivity index (χ1n) is 4.38. The van der Waals surface area contributed by atoms with E-state index >= 15 is 0 Å². The summed E-state index contributed by atoms with van der Waals surface area (Å²) >= 11 is 1.38. The van der Waals surface area contributed by atoms with E-state index in [9.17, 15) is 4.79 Å². The van der Waals surface area contributed by atoms with E-state index in [-0.39, 0.29) is 18.8 Å². The molecule has 0 saturated carbocycles. The summed E-state index contributed by atoms with van der Waals surface area (Å²) in [6.45, 7) is 3.34. The molecule has 0 saturated heterocycles. The average Bonchev–Trinajstić information content (AvgIpc) is 2.54. The Morgan fingerprint density at radius 3 is 2.60 bits per heavy atom. The molecule has 5 nitrogen and oxygen atoms in total. The van der Waals surface area contributed by atoms with Crippen LogP contribution < -0.4 is 4.74 Å². The van der Waals surface area contributed by atoms with Crippen molar-refractivity contribution in [3.8, 4) is 5.19 Å². The largest absolute Gasteiger partial charge is 0.470 e. The van der Waals surface area contributed by atoms with E-state index in [1.165, 1.54) is 25.2 Å². The first kappa shape index (κ1) is 14.0. The van der Waals surface area contributed by atoms with Gasteiger partial charge in [0, 0.05) is 18.0 Å². The standard InChI is InChI=1S/C6H9NO3S.C3H6O/c8-5(9)1-3-10-6-7-2-4-11-6;1-3(2)4/h2,4-5,8-9H,1,3H2;1-2H3. The maximum Gasteiger partial charge on any atom is 0.273 e. The Morgan fingerprint density at radius 2 is 2.20 bits per heavy atom. The summed E-state index contributed by atoms with van der Waals surface area (Å²) in [5, 5.41) is 19.2. The Balaban J connectivity index is 0.000000423. The molecule has 0 amide bonds. The highest BCUT2D eigenvalue weighted by Gasteiger charge is 1.99. The van der Waals surface area contributed by atoms with Crippen LogP contribution in [-0.2, 0) is 4.79 Å². The molecule has 1 heterocycles. The summed E-state index contributed by atoms with van der Waals surface area (Å²) in [6, 6.07) is 0. The van der Waals surface area contributed by atoms with Crippen LogP contribution in [0, 0.1) is 0 Å². The molecule has 1 aromatic heterocycles. The van der Waals surface area contributed by atoms with Crippen LogP contribution >= 0.6 is 11.3 Å². The van der Waals surface area contributed by atoms with E-state index < -0.39 is 6.29 Å². The average molecular weight is 233 g/mol. The molecule has 0 atom stereocenters. The molecule has 0 bridgehead atoms. The van der Waals surface area contributed by atoms with Crippen LogP contribution in [-0.4, -0.2) is 33.9 Å². The normalized spacial score (nSPS) is 9.40. The van der Waals surface area contributed by atoms with Gasteiger partial charge in [0.05, 0.1) is 6.61 Å². The van der Waals surface area contributed by atoms with Crippen LogP contribution in [0.25, 0.3) is 0 Å². The van der Waals surface area contributed by atoms with Gasteiger partial charge in [0.2, 0.25) is 0 Å². The number of Topliss-reactive ketones (excluding diaryl/α,β-unsaturated/α-hetero) is 1. The van der Waals surface area contributed by atoms with Crippen molar-refractivity contribution in [1.82, 2.24) is 4.98 Å². The Bertz CT molecular complexity index is 257. The molecule has 0 unspecified atom stereocenters. The van der Waals surface area contributed by atoms with Gasteiger partial charge in [-0.15, -0.1) is 0 Å². The highest BCUT2D eigenvalue weighted by molar-refractivity contribution is 7.11. The number of hydrogen-bond donors (Lipinski definition) is 2. The van der Waals surface area contributed by atoms with Gasteiger partial charge in [0.15, 0.2) is 6.29 Å². The van der Waals surface area contributed by atoms with Gasteiger partial charge in [-0.05, 0) is 13.8 Å². The zero-order valence-corrected chi connectivity index (χ0v) is 9.53. The number of aliphatic hydroxyl groups is 2. The Labute approximate surface area is 92.4 Å². The van der Waals surface area contributed by atoms with Crippen LogP contribution in [0.2, 0.25) is 0 Å². The van der Waals surface area contributed by atoms with E-state index in [1.54, 1.807) is 11.6 Å². The van der Waals surface area contributed by atoms with Crippen LogP contribution in [0.1, 0.15) is 20.3 Å². The van der Waals surface area contributed by atoms with E-state index in [2.05, 4.69) is 4.98 Å². The fraction of sp³-hybridized carbons (Fsp3) is 0.556. The van der Waals surface area contributed by atoms with E-state index in [1.807, 2.05) is 0 Å². The highest BCUT2D eigenvalue weighted by Crippen LogP contribution is 2.13. The number of nitrogens with zero attached hydrogens (tertiary/aromatic N) is 1. The molecule has 2 N–H and O–H groups in total. The number of aromatic nitrogens is 1. The minimum Gasteiger partial charge on any atom is -0.470 e. The molecular weight excluding hydrogens is 218 g/mol. The second-order valence-electron chi connectivity index (χ2n) is 2.82. The molecule has 6 heteroatoms. The minimum atomic E-state index is -1.30. The summed E-state index contributed by atoms with van der Waals surface area (Å²) in [6.07, 6.45) is 0.546. The second-order valence-corrected chi connectivity index (χ2v) is 3.68. The predicted octanol–water partition coefficient (Wildman–Crippen LogP) is 0.818. The van der Waals surface area contributed by atoms with Crippen LogP contribution in [0.5, 0.6) is 5.19 Å². The Morgan fingerprint density at radius 1 is 1.60 bits per heavy atom. The summed E-state index contributed by atoms with van der Waals surface area (Å²) in [5.74, 6) is 0.167. The lowest BCUT2D eigenvalue weighted by atomic mass is 10.4. The van der Waals surface area contributed by atoms with Crippen molar-refractivity contribution in [1.29, 1.82) is 0 Å². The van der Waals surface area contributed by atoms with Crippen molar-refractivity contribution in [2.24, 2.45) is 0 Å². The zero-order chi connectivity index (χ0) is 11.7. The number of carbonyl (C=O) groups is 1. The molecule has 86 valence electrons. The van der Waals surface area contributed by atoms with Crippen LogP contribution in [0.15, 0.2) is 11.6 Å². The number of thiazole rings is 1. The number of carbonyl (C=O) groups excluding carboxylic acids is 1. The number of hydrogen-bond acceptors (Lipinski definition) is 6. The number of rotatable bonds is 4. The van der Waals surface area contributed by atoms with Gasteiger partial charge >= 0.3 is 0 Å². The van der Waals surface area contributed by atoms with E-state index in [0.717, 1.165) is 0 Å². The van der Waals surface area contributed by atoms with Gasteiger partial charge in [-0.1, -0.05) is 11.3 Å². The van der Waals surface area contributed by atoms with Crippen molar-refractivity contribution in [2.75, 3.05) is 6.61 Å². The van der Waals surface area contributed by atoms with E-state index in [0.29, 0.717) is 5.19 Å². The molecule has 0 radical (unpaired) electrons. The van der Waals surface area contributed by atoms with Crippen molar-refractivity contribution in [3.05, 3.63) is 11.6 Å². The lowest BCUT2D eigenvalue weighted by molar-refractivity contribution is -0.115. The molecular formula is C9H15NO4S. The fourth-order valence-corrected chi connectivity index (χ4v) is 1.04. The predicted molar refractivity (Wildman–Crippen MR) is 56.8 cm³/mol. The third-order valence-corrected chi connectivity index (χ3v) is 1.69. The number of ether oxygens (including phenoxy) is 1. The quantitative estimate of drug-likeness (QED) is 0.752. The lowest BCUT2D eigenvalue weighted by Crippen LogP contribution is -2.10. The molecule has 15 heavy (non-hydrogen) atoms. The number of ketones is 1. The number of aliphatic hydroxyl groups excluding tert-OH is 1. The first-order valence-corrected chi connectivity index (χ1v) is 5.26. The Kier molecular flexibility index (Phi) is 7.79. The smallest absolute Gasteiger partial charge is 0.273 e. The summed E-state index contributed by atoms with van der Waals surface area (Å²) in [4.78, 5) is 13.3. The third kappa shape index (κ3) is 10.9. The van der Waals surface area contributed by atoms with E-state index in [4.69, 9.17) is 14.9 Å². The highest BCUT2D eigenvalue weighted by atomic mass is 32.1. The van der Waals surface area contributed by atoms with Crippen LogP contribution in [0.3, 0.4) is 0 Å². The molecule has 0 aliphatic heterocycles. The molecule has 1 rings (SSSR count). The molecule has 0 spiro atoms. The Hall–Kier alpha value is -0.980. The molecule has 0 fully saturated rings. The molecule has 1 aromatic rings. The monoisotopic (exact) mass is 233 g/mol. The molecule has 0 aliphatic rings. The second kappa shape index (κ2) is 8.34. The zero-order valence-electron chi connectivity index (χ0n) is 8.71. The van der Waals surface area contributed by atoms with Gasteiger partial charge in [0.25, 0.3) is 5.19 Å². The summed E-state index contributed by atoms with van der Waals surface area (Å²) in [5.41, 5.74) is 0. The molecule has 0 aromatic carbocycles.